The second kappa shape index (κ2) is 16.0. The van der Waals surface area contributed by atoms with Crippen LogP contribution in [0.2, 0.25) is 0 Å². The van der Waals surface area contributed by atoms with E-state index in [1.807, 2.05) is 0 Å². The summed E-state index contributed by atoms with van der Waals surface area (Å²) in [5.41, 5.74) is 0. The van der Waals surface area contributed by atoms with Gasteiger partial charge in [-0.3, -0.25) is 9.11 Å². The number of rotatable bonds is 0. The van der Waals surface area contributed by atoms with E-state index in [0.717, 1.165) is 0 Å². The molecule has 7 heteroatoms. The van der Waals surface area contributed by atoms with Crippen LogP contribution in [0.15, 0.2) is 0 Å². The molecule has 0 saturated carbocycles. The Labute approximate surface area is 116 Å². The minimum absolute atomic E-state index is 0. The Balaban J connectivity index is -0.0000000150. The molecule has 0 aliphatic carbocycles. The van der Waals surface area contributed by atoms with Crippen molar-refractivity contribution in [1.82, 2.24) is 0 Å². The van der Waals surface area contributed by atoms with Crippen molar-refractivity contribution in [3.05, 3.63) is 0 Å². The van der Waals surface area contributed by atoms with Crippen molar-refractivity contribution in [1.29, 1.82) is 0 Å². The van der Waals surface area contributed by atoms with Crippen molar-refractivity contribution in [3.63, 3.8) is 0 Å². The predicted molar refractivity (Wildman–Crippen MR) is 20.8 cm³/mol. The molecule has 0 radical (unpaired) electrons. The van der Waals surface area contributed by atoms with E-state index in [9.17, 15) is 0 Å². The minimum Gasteiger partial charge on any atom is -2.00 e. The Morgan fingerprint density at radius 2 is 1.29 bits per heavy atom. The normalized spacial score (nSPS) is 5.00. The zero-order chi connectivity index (χ0) is 3.58. The summed E-state index contributed by atoms with van der Waals surface area (Å²) in [6.45, 7) is 0. The molecule has 2 N–H and O–H groups in total. The molecule has 0 aromatic heterocycles. The van der Waals surface area contributed by atoms with Crippen molar-refractivity contribution >= 4 is 24.9 Å². The Bertz CT molecular complexity index is 35.9. The molecule has 0 aliphatic heterocycles. The van der Waals surface area contributed by atoms with Crippen molar-refractivity contribution in [3.8, 4) is 0 Å². The third-order valence-corrected chi connectivity index (χ3v) is 0. The predicted octanol–water partition coefficient (Wildman–Crippen LogP) is -6.31. The fraction of sp³-hybridized carbons (Fsp3) is 0. The zero-order valence-corrected chi connectivity index (χ0v) is 10.9. The minimum atomic E-state index is -2.61. The molecule has 0 bridgehead atoms. The van der Waals surface area contributed by atoms with Crippen molar-refractivity contribution in [2.75, 3.05) is 0 Å². The molecule has 0 aliphatic rings. The fourth-order valence-corrected chi connectivity index (χ4v) is 0. The summed E-state index contributed by atoms with van der Waals surface area (Å²) in [6.07, 6.45) is 0. The summed E-state index contributed by atoms with van der Waals surface area (Å²) in [7, 11) is 0. The maximum Gasteiger partial charge on any atom is 1.00 e. The number of hydrogen-bond acceptors (Lipinski definition) is 1. The Morgan fingerprint density at radius 3 is 1.29 bits per heavy atom. The molecule has 0 atom stereocenters. The SMILES string of the molecule is O=S(O)O.[K+].[Na+].[S-2]. The van der Waals surface area contributed by atoms with Crippen LogP contribution in [0, 0.1) is 0 Å². The first-order chi connectivity index (χ1) is 1.73. The molecule has 0 unspecified atom stereocenters. The van der Waals surface area contributed by atoms with E-state index < -0.39 is 11.4 Å². The second-order valence-corrected chi connectivity index (χ2v) is 0.692. The van der Waals surface area contributed by atoms with E-state index in [1.165, 1.54) is 0 Å². The first kappa shape index (κ1) is 22.5. The van der Waals surface area contributed by atoms with Crippen molar-refractivity contribution in [2.24, 2.45) is 0 Å². The quantitative estimate of drug-likeness (QED) is 0.285. The second-order valence-electron chi connectivity index (χ2n) is 0.231. The van der Waals surface area contributed by atoms with Crippen LogP contribution < -0.4 is 80.9 Å². The van der Waals surface area contributed by atoms with Gasteiger partial charge in [-0.15, -0.1) is 0 Å². The van der Waals surface area contributed by atoms with Crippen LogP contribution in [0.3, 0.4) is 0 Å². The van der Waals surface area contributed by atoms with Gasteiger partial charge in [0.15, 0.2) is 0 Å². The van der Waals surface area contributed by atoms with Crippen LogP contribution in [-0.4, -0.2) is 13.3 Å². The van der Waals surface area contributed by atoms with Gasteiger partial charge in [0.05, 0.1) is 0 Å². The van der Waals surface area contributed by atoms with Crippen LogP contribution >= 0.6 is 0 Å². The van der Waals surface area contributed by atoms with Gasteiger partial charge >= 0.3 is 80.9 Å². The van der Waals surface area contributed by atoms with Gasteiger partial charge in [-0.2, -0.15) is 4.21 Å². The summed E-state index contributed by atoms with van der Waals surface area (Å²) in [5, 5.41) is 0. The molecule has 34 valence electrons. The average Bonchev–Trinajstić information content (AvgIpc) is 0.811. The summed E-state index contributed by atoms with van der Waals surface area (Å²) >= 11 is -2.61. The van der Waals surface area contributed by atoms with Gasteiger partial charge in [0.25, 0.3) is 11.4 Å². The Morgan fingerprint density at radius 1 is 1.29 bits per heavy atom. The average molecular weight is 176 g/mol. The molecular weight excluding hydrogens is 174 g/mol. The molecule has 0 fully saturated rings. The van der Waals surface area contributed by atoms with E-state index in [-0.39, 0.29) is 94.4 Å². The summed E-state index contributed by atoms with van der Waals surface area (Å²) < 4.78 is 22.8. The fourth-order valence-electron chi connectivity index (χ4n) is 0. The van der Waals surface area contributed by atoms with Crippen LogP contribution in [0.25, 0.3) is 0 Å². The van der Waals surface area contributed by atoms with Gasteiger partial charge in [-0.25, -0.2) is 0 Å². The zero-order valence-electron chi connectivity index (χ0n) is 4.12. The maximum absolute atomic E-state index is 8.67. The van der Waals surface area contributed by atoms with Gasteiger partial charge in [-0.1, -0.05) is 0 Å². The smallest absolute Gasteiger partial charge is 1.00 e. The van der Waals surface area contributed by atoms with Crippen LogP contribution in [0.4, 0.5) is 0 Å². The van der Waals surface area contributed by atoms with Crippen LogP contribution in [0.1, 0.15) is 0 Å². The third-order valence-electron chi connectivity index (χ3n) is 0. The van der Waals surface area contributed by atoms with E-state index in [2.05, 4.69) is 0 Å². The van der Waals surface area contributed by atoms with E-state index in [1.54, 1.807) is 0 Å². The van der Waals surface area contributed by atoms with Gasteiger partial charge in [-0.05, 0) is 0 Å². The molecule has 0 rings (SSSR count). The van der Waals surface area contributed by atoms with Crippen molar-refractivity contribution in [2.45, 2.75) is 0 Å². The van der Waals surface area contributed by atoms with Gasteiger partial charge in [0.2, 0.25) is 0 Å². The standard InChI is InChI=1S/K.Na.H2O3S.S/c;;1-4(2)3;/h;;(H2,1,2,3);/q2*+1;;-2. The van der Waals surface area contributed by atoms with Crippen LogP contribution in [-0.2, 0) is 24.9 Å². The molecule has 0 heterocycles. The summed E-state index contributed by atoms with van der Waals surface area (Å²) in [5.74, 6) is 0. The summed E-state index contributed by atoms with van der Waals surface area (Å²) in [4.78, 5) is 0. The van der Waals surface area contributed by atoms with Crippen LogP contribution in [0.5, 0.6) is 0 Å². The topological polar surface area (TPSA) is 57.5 Å². The van der Waals surface area contributed by atoms with Gasteiger partial charge < -0.3 is 13.5 Å². The molecule has 0 amide bonds. The largest absolute Gasteiger partial charge is 2.00 e. The van der Waals surface area contributed by atoms with Gasteiger partial charge in [0, 0.05) is 0 Å². The molecule has 3 nitrogen and oxygen atoms in total. The first-order valence-electron chi connectivity index (χ1n) is 0.532. The van der Waals surface area contributed by atoms with E-state index in [0.29, 0.717) is 0 Å². The molecular formula is H2KNaO3S2. The van der Waals surface area contributed by atoms with Crippen molar-refractivity contribution < 1.29 is 94.3 Å². The molecule has 0 spiro atoms. The Kier molecular flexibility index (Phi) is 51.5. The van der Waals surface area contributed by atoms with Gasteiger partial charge in [0.1, 0.15) is 0 Å². The molecule has 0 aromatic rings. The molecule has 7 heavy (non-hydrogen) atoms. The first-order valence-corrected chi connectivity index (χ1v) is 1.60. The third kappa shape index (κ3) is 48.3. The van der Waals surface area contributed by atoms with E-state index >= 15 is 0 Å². The summed E-state index contributed by atoms with van der Waals surface area (Å²) in [6, 6.07) is 0. The molecule has 0 aromatic carbocycles. The monoisotopic (exact) mass is 176 g/mol. The maximum atomic E-state index is 8.67. The molecule has 0 saturated heterocycles. The number of hydrogen-bond donors (Lipinski definition) is 2. The van der Waals surface area contributed by atoms with E-state index in [4.69, 9.17) is 13.3 Å². The Hall–Kier alpha value is 3.06.